The fraction of sp³-hybridized carbons (Fsp3) is 0.700. The molecule has 2 atom stereocenters. The van der Waals surface area contributed by atoms with Gasteiger partial charge >= 0.3 is 0 Å². The molecule has 0 aliphatic heterocycles. The van der Waals surface area contributed by atoms with Crippen molar-refractivity contribution in [2.45, 2.75) is 64.5 Å². The molecule has 4 fully saturated rings. The number of hydrogen-bond donors (Lipinski definition) is 2. The van der Waals surface area contributed by atoms with E-state index in [2.05, 4.69) is 17.6 Å². The highest BCUT2D eigenvalue weighted by molar-refractivity contribution is 5.95. The summed E-state index contributed by atoms with van der Waals surface area (Å²) < 4.78 is 5.08. The highest BCUT2D eigenvalue weighted by Crippen LogP contribution is 2.61. The maximum absolute atomic E-state index is 12.6. The monoisotopic (exact) mass is 344 g/mol. The Kier molecular flexibility index (Phi) is 4.13. The number of furan rings is 1. The van der Waals surface area contributed by atoms with Gasteiger partial charge in [0.2, 0.25) is 5.91 Å². The second-order valence-corrected chi connectivity index (χ2v) is 8.68. The van der Waals surface area contributed by atoms with Crippen molar-refractivity contribution in [2.24, 2.45) is 23.2 Å². The summed E-state index contributed by atoms with van der Waals surface area (Å²) in [6.07, 6.45) is 9.42. The Hall–Kier alpha value is -1.78. The molecule has 4 aliphatic carbocycles. The van der Waals surface area contributed by atoms with Crippen LogP contribution in [0.4, 0.5) is 0 Å². The van der Waals surface area contributed by atoms with Gasteiger partial charge in [-0.3, -0.25) is 9.59 Å². The molecule has 5 rings (SSSR count). The maximum atomic E-state index is 12.6. The van der Waals surface area contributed by atoms with Crippen LogP contribution < -0.4 is 10.6 Å². The third-order valence-corrected chi connectivity index (χ3v) is 6.85. The van der Waals surface area contributed by atoms with Crippen LogP contribution in [0.5, 0.6) is 0 Å². The zero-order chi connectivity index (χ0) is 17.6. The second-order valence-electron chi connectivity index (χ2n) is 8.68. The molecule has 2 unspecified atom stereocenters. The number of carbonyl (C=O) groups excluding carboxylic acids is 2. The van der Waals surface area contributed by atoms with E-state index in [1.807, 2.05) is 0 Å². The van der Waals surface area contributed by atoms with Crippen molar-refractivity contribution in [2.75, 3.05) is 0 Å². The average molecular weight is 344 g/mol. The standard InChI is InChI=1S/C20H28N2O3/c1-12(21-19(24)17-4-3-5-25-17)18(23)22-13(2)20-9-14-6-15(10-20)8-16(7-14)11-20/h3-5,12-16H,6-11H2,1-2H3,(H,21,24)(H,22,23). The zero-order valence-corrected chi connectivity index (χ0v) is 15.1. The molecule has 4 aliphatic rings. The molecule has 0 aromatic carbocycles. The van der Waals surface area contributed by atoms with Crippen molar-refractivity contribution in [3.63, 3.8) is 0 Å². The minimum absolute atomic E-state index is 0.108. The fourth-order valence-corrected chi connectivity index (χ4v) is 5.94. The molecule has 1 aromatic heterocycles. The Morgan fingerprint density at radius 2 is 1.68 bits per heavy atom. The lowest BCUT2D eigenvalue weighted by Crippen LogP contribution is -2.58. The highest BCUT2D eigenvalue weighted by atomic mass is 16.3. The van der Waals surface area contributed by atoms with Crippen LogP contribution in [-0.4, -0.2) is 23.9 Å². The molecule has 1 aromatic rings. The minimum atomic E-state index is -0.575. The first-order valence-electron chi connectivity index (χ1n) is 9.60. The normalized spacial score (nSPS) is 35.2. The third-order valence-electron chi connectivity index (χ3n) is 6.85. The predicted molar refractivity (Wildman–Crippen MR) is 93.8 cm³/mol. The summed E-state index contributed by atoms with van der Waals surface area (Å²) in [6.45, 7) is 3.88. The topological polar surface area (TPSA) is 71.3 Å². The Morgan fingerprint density at radius 3 is 2.20 bits per heavy atom. The maximum Gasteiger partial charge on any atom is 0.287 e. The Morgan fingerprint density at radius 1 is 1.08 bits per heavy atom. The molecule has 5 heteroatoms. The van der Waals surface area contributed by atoms with Crippen LogP contribution in [0.2, 0.25) is 0 Å². The second kappa shape index (κ2) is 6.19. The molecule has 136 valence electrons. The molecule has 0 radical (unpaired) electrons. The van der Waals surface area contributed by atoms with Crippen molar-refractivity contribution in [3.05, 3.63) is 24.2 Å². The van der Waals surface area contributed by atoms with Gasteiger partial charge in [-0.15, -0.1) is 0 Å². The van der Waals surface area contributed by atoms with E-state index in [4.69, 9.17) is 4.42 Å². The van der Waals surface area contributed by atoms with Gasteiger partial charge in [-0.1, -0.05) is 0 Å². The summed E-state index contributed by atoms with van der Waals surface area (Å²) >= 11 is 0. The van der Waals surface area contributed by atoms with E-state index < -0.39 is 6.04 Å². The lowest BCUT2D eigenvalue weighted by Gasteiger charge is -2.59. The van der Waals surface area contributed by atoms with Crippen LogP contribution in [0, 0.1) is 23.2 Å². The zero-order valence-electron chi connectivity index (χ0n) is 15.1. The Bertz CT molecular complexity index is 617. The summed E-state index contributed by atoms with van der Waals surface area (Å²) in [4.78, 5) is 24.6. The summed E-state index contributed by atoms with van der Waals surface area (Å²) in [5.41, 5.74) is 0.273. The first-order chi connectivity index (χ1) is 11.9. The van der Waals surface area contributed by atoms with Crippen LogP contribution in [0.15, 0.2) is 22.8 Å². The highest BCUT2D eigenvalue weighted by Gasteiger charge is 2.53. The van der Waals surface area contributed by atoms with Crippen LogP contribution >= 0.6 is 0 Å². The fourth-order valence-electron chi connectivity index (χ4n) is 5.94. The van der Waals surface area contributed by atoms with Crippen molar-refractivity contribution >= 4 is 11.8 Å². The van der Waals surface area contributed by atoms with Gasteiger partial charge < -0.3 is 15.1 Å². The van der Waals surface area contributed by atoms with Crippen molar-refractivity contribution in [3.8, 4) is 0 Å². The van der Waals surface area contributed by atoms with E-state index in [9.17, 15) is 9.59 Å². The molecule has 25 heavy (non-hydrogen) atoms. The van der Waals surface area contributed by atoms with Gasteiger partial charge in [0.15, 0.2) is 5.76 Å². The Balaban J connectivity index is 1.36. The van der Waals surface area contributed by atoms with Gasteiger partial charge in [-0.2, -0.15) is 0 Å². The first-order valence-corrected chi connectivity index (χ1v) is 9.60. The molecular formula is C20H28N2O3. The van der Waals surface area contributed by atoms with E-state index in [-0.39, 0.29) is 29.0 Å². The SMILES string of the molecule is CC(NC(=O)c1ccco1)C(=O)NC(C)C12CC3CC(CC(C3)C1)C2. The summed E-state index contributed by atoms with van der Waals surface area (Å²) in [7, 11) is 0. The molecule has 2 amide bonds. The molecule has 1 heterocycles. The quantitative estimate of drug-likeness (QED) is 0.862. The van der Waals surface area contributed by atoms with Gasteiger partial charge in [-0.05, 0) is 87.7 Å². The minimum Gasteiger partial charge on any atom is -0.459 e. The van der Waals surface area contributed by atoms with Crippen LogP contribution in [0.3, 0.4) is 0 Å². The van der Waals surface area contributed by atoms with E-state index >= 15 is 0 Å². The van der Waals surface area contributed by atoms with Gasteiger partial charge in [0.25, 0.3) is 5.91 Å². The lowest BCUT2D eigenvalue weighted by molar-refractivity contribution is -0.127. The van der Waals surface area contributed by atoms with Crippen LogP contribution in [0.25, 0.3) is 0 Å². The number of carbonyl (C=O) groups is 2. The number of amides is 2. The summed E-state index contributed by atoms with van der Waals surface area (Å²) in [6, 6.07) is 2.85. The number of rotatable bonds is 5. The lowest BCUT2D eigenvalue weighted by atomic mass is 9.48. The van der Waals surface area contributed by atoms with Crippen LogP contribution in [0.1, 0.15) is 62.9 Å². The summed E-state index contributed by atoms with van der Waals surface area (Å²) in [5.74, 6) is 2.36. The van der Waals surface area contributed by atoms with E-state index in [1.165, 1.54) is 44.8 Å². The van der Waals surface area contributed by atoms with E-state index in [1.54, 1.807) is 19.1 Å². The van der Waals surface area contributed by atoms with Crippen molar-refractivity contribution in [1.82, 2.24) is 10.6 Å². The average Bonchev–Trinajstić information content (AvgIpc) is 3.07. The molecule has 0 spiro atoms. The van der Waals surface area contributed by atoms with Crippen LogP contribution in [-0.2, 0) is 4.79 Å². The van der Waals surface area contributed by atoms with Gasteiger partial charge in [0, 0.05) is 6.04 Å². The van der Waals surface area contributed by atoms with E-state index in [0.29, 0.717) is 0 Å². The molecule has 4 bridgehead atoms. The summed E-state index contributed by atoms with van der Waals surface area (Å²) in [5, 5.41) is 5.92. The predicted octanol–water partition coefficient (Wildman–Crippen LogP) is 3.12. The van der Waals surface area contributed by atoms with Crippen molar-refractivity contribution in [1.29, 1.82) is 0 Å². The number of nitrogens with one attached hydrogen (secondary N) is 2. The van der Waals surface area contributed by atoms with Gasteiger partial charge in [0.1, 0.15) is 6.04 Å². The molecule has 5 nitrogen and oxygen atoms in total. The van der Waals surface area contributed by atoms with E-state index in [0.717, 1.165) is 17.8 Å². The molecular weight excluding hydrogens is 316 g/mol. The van der Waals surface area contributed by atoms with Gasteiger partial charge in [-0.25, -0.2) is 0 Å². The first kappa shape index (κ1) is 16.7. The Labute approximate surface area is 148 Å². The largest absolute Gasteiger partial charge is 0.459 e. The molecule has 0 saturated heterocycles. The van der Waals surface area contributed by atoms with Crippen molar-refractivity contribution < 1.29 is 14.0 Å². The van der Waals surface area contributed by atoms with Gasteiger partial charge in [0.05, 0.1) is 6.26 Å². The third kappa shape index (κ3) is 3.09. The number of hydrogen-bond acceptors (Lipinski definition) is 3. The molecule has 2 N–H and O–H groups in total. The molecule has 4 saturated carbocycles. The smallest absolute Gasteiger partial charge is 0.287 e.